The van der Waals surface area contributed by atoms with Crippen LogP contribution in [0.2, 0.25) is 0 Å². The summed E-state index contributed by atoms with van der Waals surface area (Å²) in [4.78, 5) is 35.6. The molecule has 16 heavy (non-hydrogen) atoms. The van der Waals surface area contributed by atoms with Crippen molar-refractivity contribution in [1.29, 1.82) is 0 Å². The van der Waals surface area contributed by atoms with Crippen LogP contribution in [0.25, 0.3) is 0 Å². The van der Waals surface area contributed by atoms with E-state index in [9.17, 15) is 14.4 Å². The first-order valence-corrected chi connectivity index (χ1v) is 5.05. The fraction of sp³-hybridized carbons (Fsp3) is 0.364. The Morgan fingerprint density at radius 3 is 3.00 bits per heavy atom. The smallest absolute Gasteiger partial charge is 0.333 e. The van der Waals surface area contributed by atoms with Crippen molar-refractivity contribution in [3.8, 4) is 0 Å². The quantitative estimate of drug-likeness (QED) is 0.492. The maximum absolute atomic E-state index is 11.6. The molecular weight excluding hydrogens is 210 g/mol. The summed E-state index contributed by atoms with van der Waals surface area (Å²) in [6.45, 7) is 1.97. The minimum absolute atomic E-state index is 0.179. The second kappa shape index (κ2) is 3.92. The van der Waals surface area contributed by atoms with Gasteiger partial charge < -0.3 is 4.74 Å². The summed E-state index contributed by atoms with van der Waals surface area (Å²) in [5.74, 6) is -1.05. The molecule has 1 atom stereocenters. The molecule has 0 N–H and O–H groups in total. The normalized spacial score (nSPS) is 23.2. The number of allylic oxidation sites excluding steroid dienone is 2. The number of fused-ring (bicyclic) bond motifs is 1. The Hall–Kier alpha value is -1.91. The van der Waals surface area contributed by atoms with Gasteiger partial charge in [0.05, 0.1) is 13.0 Å². The highest BCUT2D eigenvalue weighted by molar-refractivity contribution is 6.09. The van der Waals surface area contributed by atoms with Crippen LogP contribution < -0.4 is 0 Å². The van der Waals surface area contributed by atoms with E-state index in [1.807, 2.05) is 0 Å². The van der Waals surface area contributed by atoms with Crippen molar-refractivity contribution in [2.24, 2.45) is 0 Å². The highest BCUT2D eigenvalue weighted by Gasteiger charge is 2.37. The molecule has 2 aliphatic rings. The Labute approximate surface area is 92.4 Å². The highest BCUT2D eigenvalue weighted by atomic mass is 16.5. The molecule has 84 valence electrons. The molecule has 2 heterocycles. The lowest BCUT2D eigenvalue weighted by Gasteiger charge is -2.26. The molecule has 2 rings (SSSR count). The lowest BCUT2D eigenvalue weighted by Crippen LogP contribution is -2.43. The number of carbonyl (C=O) groups is 3. The minimum Gasteiger partial charge on any atom is -0.464 e. The van der Waals surface area contributed by atoms with Gasteiger partial charge in [0.25, 0.3) is 0 Å². The molecule has 0 aromatic carbocycles. The van der Waals surface area contributed by atoms with Gasteiger partial charge in [-0.25, -0.2) is 4.79 Å². The van der Waals surface area contributed by atoms with Crippen molar-refractivity contribution >= 4 is 17.7 Å². The predicted octanol–water partition coefficient (Wildman–Crippen LogP) is 0.173. The Kier molecular flexibility index (Phi) is 2.60. The fourth-order valence-electron chi connectivity index (χ4n) is 1.80. The summed E-state index contributed by atoms with van der Waals surface area (Å²) in [5, 5.41) is 0. The van der Waals surface area contributed by atoms with Gasteiger partial charge in [-0.2, -0.15) is 0 Å². The molecule has 0 saturated heterocycles. The molecule has 0 saturated carbocycles. The lowest BCUT2D eigenvalue weighted by molar-refractivity contribution is -0.151. The Morgan fingerprint density at radius 2 is 2.31 bits per heavy atom. The molecule has 0 bridgehead atoms. The summed E-state index contributed by atoms with van der Waals surface area (Å²) in [7, 11) is 0. The van der Waals surface area contributed by atoms with Gasteiger partial charge >= 0.3 is 5.97 Å². The topological polar surface area (TPSA) is 63.7 Å². The zero-order valence-corrected chi connectivity index (χ0v) is 8.80. The van der Waals surface area contributed by atoms with Crippen molar-refractivity contribution < 1.29 is 19.1 Å². The van der Waals surface area contributed by atoms with Gasteiger partial charge in [-0.3, -0.25) is 14.5 Å². The van der Waals surface area contributed by atoms with E-state index in [4.69, 9.17) is 4.74 Å². The van der Waals surface area contributed by atoms with Crippen LogP contribution in [-0.2, 0) is 19.1 Å². The average Bonchev–Trinajstić information content (AvgIpc) is 2.61. The van der Waals surface area contributed by atoms with Crippen LogP contribution in [0.4, 0.5) is 0 Å². The maximum Gasteiger partial charge on any atom is 0.333 e. The number of rotatable bonds is 2. The van der Waals surface area contributed by atoms with E-state index < -0.39 is 12.0 Å². The van der Waals surface area contributed by atoms with Gasteiger partial charge in [0.2, 0.25) is 5.91 Å². The van der Waals surface area contributed by atoms with Gasteiger partial charge in [0, 0.05) is 11.8 Å². The zero-order chi connectivity index (χ0) is 11.7. The largest absolute Gasteiger partial charge is 0.464 e. The summed E-state index contributed by atoms with van der Waals surface area (Å²) < 4.78 is 4.85. The molecule has 0 fully saturated rings. The van der Waals surface area contributed by atoms with Gasteiger partial charge in [0.15, 0.2) is 11.8 Å². The number of ketones is 1. The first-order chi connectivity index (χ1) is 7.63. The third-order valence-electron chi connectivity index (χ3n) is 2.44. The lowest BCUT2D eigenvalue weighted by atomic mass is 10.1. The van der Waals surface area contributed by atoms with Crippen molar-refractivity contribution in [3.63, 3.8) is 0 Å². The van der Waals surface area contributed by atoms with E-state index in [1.165, 1.54) is 11.0 Å². The van der Waals surface area contributed by atoms with Gasteiger partial charge in [-0.1, -0.05) is 0 Å². The van der Waals surface area contributed by atoms with Crippen molar-refractivity contribution in [3.05, 3.63) is 23.9 Å². The third-order valence-corrected chi connectivity index (χ3v) is 2.44. The molecule has 0 radical (unpaired) electrons. The number of nitrogens with zero attached hydrogens (tertiary/aromatic N) is 1. The monoisotopic (exact) mass is 221 g/mol. The van der Waals surface area contributed by atoms with E-state index in [0.717, 1.165) is 0 Å². The number of esters is 1. The molecule has 5 nitrogen and oxygen atoms in total. The van der Waals surface area contributed by atoms with Crippen LogP contribution in [0.1, 0.15) is 13.3 Å². The van der Waals surface area contributed by atoms with E-state index in [-0.39, 0.29) is 24.7 Å². The summed E-state index contributed by atoms with van der Waals surface area (Å²) in [6, 6.07) is -0.716. The number of ether oxygens (including phenoxy) is 1. The van der Waals surface area contributed by atoms with Gasteiger partial charge in [-0.05, 0) is 19.1 Å². The number of carbonyl (C=O) groups excluding carboxylic acids is 3. The van der Waals surface area contributed by atoms with Gasteiger partial charge in [0.1, 0.15) is 0 Å². The van der Waals surface area contributed by atoms with Crippen molar-refractivity contribution in [1.82, 2.24) is 4.90 Å². The fourth-order valence-corrected chi connectivity index (χ4v) is 1.80. The second-order valence-electron chi connectivity index (χ2n) is 3.53. The first kappa shape index (κ1) is 10.6. The minimum atomic E-state index is -0.716. The third kappa shape index (κ3) is 1.64. The van der Waals surface area contributed by atoms with Crippen LogP contribution in [0.5, 0.6) is 0 Å². The van der Waals surface area contributed by atoms with E-state index in [1.54, 1.807) is 19.1 Å². The molecule has 1 amide bonds. The molecule has 2 aliphatic heterocycles. The summed E-state index contributed by atoms with van der Waals surface area (Å²) in [6.07, 6.45) is 4.36. The van der Waals surface area contributed by atoms with Crippen LogP contribution in [0.3, 0.4) is 0 Å². The number of amides is 1. The van der Waals surface area contributed by atoms with E-state index in [2.05, 4.69) is 0 Å². The van der Waals surface area contributed by atoms with Crippen molar-refractivity contribution in [2.45, 2.75) is 19.4 Å². The summed E-state index contributed by atoms with van der Waals surface area (Å²) in [5.41, 5.74) is 0.472. The van der Waals surface area contributed by atoms with Crippen LogP contribution in [0.15, 0.2) is 23.9 Å². The molecule has 0 aromatic rings. The molecule has 5 heteroatoms. The number of hydrogen-bond acceptors (Lipinski definition) is 4. The second-order valence-corrected chi connectivity index (χ2v) is 3.53. The molecule has 0 unspecified atom stereocenters. The Morgan fingerprint density at radius 1 is 1.56 bits per heavy atom. The van der Waals surface area contributed by atoms with Gasteiger partial charge in [-0.15, -0.1) is 0 Å². The van der Waals surface area contributed by atoms with E-state index >= 15 is 0 Å². The SMILES string of the molecule is CCOC(=O)[C@H]1C=CC2=CC(=O)CC(=O)N21. The average molecular weight is 221 g/mol. The first-order valence-electron chi connectivity index (χ1n) is 5.05. The maximum atomic E-state index is 11.6. The van der Waals surface area contributed by atoms with Crippen molar-refractivity contribution in [2.75, 3.05) is 6.61 Å². The molecule has 0 aliphatic carbocycles. The predicted molar refractivity (Wildman–Crippen MR) is 54.1 cm³/mol. The van der Waals surface area contributed by atoms with Crippen LogP contribution >= 0.6 is 0 Å². The highest BCUT2D eigenvalue weighted by Crippen LogP contribution is 2.25. The van der Waals surface area contributed by atoms with Crippen LogP contribution in [0, 0.1) is 0 Å². The summed E-state index contributed by atoms with van der Waals surface area (Å²) >= 11 is 0. The Bertz CT molecular complexity index is 422. The molecule has 0 spiro atoms. The molecule has 0 aromatic heterocycles. The van der Waals surface area contributed by atoms with Crippen LogP contribution in [-0.4, -0.2) is 35.2 Å². The zero-order valence-electron chi connectivity index (χ0n) is 8.80. The van der Waals surface area contributed by atoms with E-state index in [0.29, 0.717) is 5.70 Å². The standard InChI is InChI=1S/C11H11NO4/c1-2-16-11(15)9-4-3-7-5-8(13)6-10(14)12(7)9/h3-5,9H,2,6H2,1H3/t9-/m1/s1. The molecular formula is C11H11NO4. The Balaban J connectivity index is 2.24. The number of hydrogen-bond donors (Lipinski definition) is 0.